The molecule has 0 saturated heterocycles. The van der Waals surface area contributed by atoms with Gasteiger partial charge in [-0.2, -0.15) is 5.10 Å². The number of hydrogen-bond acceptors (Lipinski definition) is 3. The number of carbonyl (C=O) groups is 2. The molecule has 27 heavy (non-hydrogen) atoms. The van der Waals surface area contributed by atoms with Crippen molar-refractivity contribution in [3.63, 3.8) is 0 Å². The normalized spacial score (nSPS) is 15.4. The van der Waals surface area contributed by atoms with Crippen molar-refractivity contribution in [2.24, 2.45) is 7.05 Å². The third-order valence-corrected chi connectivity index (χ3v) is 4.96. The van der Waals surface area contributed by atoms with Crippen molar-refractivity contribution in [2.45, 2.75) is 77.7 Å². The van der Waals surface area contributed by atoms with Crippen LogP contribution in [0.1, 0.15) is 71.9 Å². The number of rotatable bonds is 6. The van der Waals surface area contributed by atoms with E-state index in [1.807, 2.05) is 20.0 Å². The van der Waals surface area contributed by atoms with Gasteiger partial charge >= 0.3 is 6.03 Å². The molecule has 1 fully saturated rings. The average molecular weight is 378 g/mol. The molecule has 1 heterocycles. The molecule has 0 aromatic carbocycles. The highest BCUT2D eigenvalue weighted by Gasteiger charge is 2.23. The zero-order chi connectivity index (χ0) is 20.0. The molecule has 1 aliphatic rings. The summed E-state index contributed by atoms with van der Waals surface area (Å²) in [5.74, 6) is 0.444. The van der Waals surface area contributed by atoms with Crippen LogP contribution in [-0.2, 0) is 17.3 Å². The van der Waals surface area contributed by atoms with Gasteiger partial charge in [-0.05, 0) is 19.3 Å². The van der Waals surface area contributed by atoms with E-state index in [2.05, 4.69) is 36.5 Å². The van der Waals surface area contributed by atoms with Crippen LogP contribution in [-0.4, -0.2) is 45.8 Å². The third kappa shape index (κ3) is 6.26. The Balaban J connectivity index is 1.95. The SMILES string of the molecule is CCCN(CC(=O)Nc1cc(C(C)(C)C)nn1C)C(=O)NC1CCCCC1. The van der Waals surface area contributed by atoms with Gasteiger partial charge in [0.15, 0.2) is 0 Å². The van der Waals surface area contributed by atoms with Gasteiger partial charge < -0.3 is 15.5 Å². The molecule has 7 heteroatoms. The standard InChI is InChI=1S/C20H35N5O2/c1-6-12-25(19(27)21-15-10-8-7-9-11-15)14-18(26)22-17-13-16(20(2,3)4)23-24(17)5/h13,15H,6-12,14H2,1-5H3,(H,21,27)(H,22,26). The number of amides is 3. The van der Waals surface area contributed by atoms with Crippen LogP contribution in [0.5, 0.6) is 0 Å². The lowest BCUT2D eigenvalue weighted by Crippen LogP contribution is -2.48. The molecule has 0 bridgehead atoms. The second-order valence-electron chi connectivity index (χ2n) is 8.54. The Hall–Kier alpha value is -2.05. The topological polar surface area (TPSA) is 79.3 Å². The van der Waals surface area contributed by atoms with Gasteiger partial charge in [0.05, 0.1) is 5.69 Å². The van der Waals surface area contributed by atoms with Crippen LogP contribution < -0.4 is 10.6 Å². The van der Waals surface area contributed by atoms with E-state index in [-0.39, 0.29) is 29.9 Å². The highest BCUT2D eigenvalue weighted by molar-refractivity contribution is 5.93. The van der Waals surface area contributed by atoms with Crippen molar-refractivity contribution >= 4 is 17.8 Å². The maximum Gasteiger partial charge on any atom is 0.318 e. The molecule has 1 aliphatic carbocycles. The largest absolute Gasteiger partial charge is 0.335 e. The van der Waals surface area contributed by atoms with E-state index < -0.39 is 0 Å². The molecule has 2 N–H and O–H groups in total. The van der Waals surface area contributed by atoms with Crippen LogP contribution in [0.25, 0.3) is 0 Å². The van der Waals surface area contributed by atoms with Crippen molar-refractivity contribution in [1.29, 1.82) is 0 Å². The van der Waals surface area contributed by atoms with Crippen LogP contribution in [0.15, 0.2) is 6.07 Å². The van der Waals surface area contributed by atoms with E-state index in [9.17, 15) is 9.59 Å². The second kappa shape index (κ2) is 9.24. The van der Waals surface area contributed by atoms with E-state index in [4.69, 9.17) is 0 Å². The zero-order valence-corrected chi connectivity index (χ0v) is 17.5. The van der Waals surface area contributed by atoms with Gasteiger partial charge in [0.25, 0.3) is 0 Å². The molecule has 2 rings (SSSR count). The van der Waals surface area contributed by atoms with Crippen molar-refractivity contribution in [1.82, 2.24) is 20.0 Å². The Morgan fingerprint density at radius 1 is 1.26 bits per heavy atom. The zero-order valence-electron chi connectivity index (χ0n) is 17.5. The molecule has 0 unspecified atom stereocenters. The molecule has 7 nitrogen and oxygen atoms in total. The number of urea groups is 1. The second-order valence-corrected chi connectivity index (χ2v) is 8.54. The first-order valence-electron chi connectivity index (χ1n) is 10.1. The van der Waals surface area contributed by atoms with Crippen molar-refractivity contribution < 1.29 is 9.59 Å². The molecule has 1 aromatic heterocycles. The van der Waals surface area contributed by atoms with Crippen LogP contribution in [0.4, 0.5) is 10.6 Å². The monoisotopic (exact) mass is 377 g/mol. The molecule has 0 aliphatic heterocycles. The lowest BCUT2D eigenvalue weighted by atomic mass is 9.92. The van der Waals surface area contributed by atoms with E-state index in [1.165, 1.54) is 6.42 Å². The molecule has 152 valence electrons. The van der Waals surface area contributed by atoms with E-state index in [0.29, 0.717) is 12.4 Å². The Bertz CT molecular complexity index is 641. The summed E-state index contributed by atoms with van der Waals surface area (Å²) in [6.45, 7) is 8.86. The minimum absolute atomic E-state index is 0.0441. The maximum absolute atomic E-state index is 12.6. The van der Waals surface area contributed by atoms with E-state index in [0.717, 1.165) is 37.8 Å². The number of nitrogens with one attached hydrogen (secondary N) is 2. The lowest BCUT2D eigenvalue weighted by Gasteiger charge is -2.28. The van der Waals surface area contributed by atoms with Crippen molar-refractivity contribution in [2.75, 3.05) is 18.4 Å². The minimum Gasteiger partial charge on any atom is -0.335 e. The number of carbonyl (C=O) groups excluding carboxylic acids is 2. The fourth-order valence-electron chi connectivity index (χ4n) is 3.34. The highest BCUT2D eigenvalue weighted by Crippen LogP contribution is 2.23. The summed E-state index contributed by atoms with van der Waals surface area (Å²) in [6.07, 6.45) is 6.44. The predicted octanol–water partition coefficient (Wildman–Crippen LogP) is 3.41. The van der Waals surface area contributed by atoms with Gasteiger partial charge in [-0.15, -0.1) is 0 Å². The summed E-state index contributed by atoms with van der Waals surface area (Å²) < 4.78 is 1.67. The van der Waals surface area contributed by atoms with Crippen LogP contribution in [0, 0.1) is 0 Å². The molecule has 0 spiro atoms. The molecule has 0 radical (unpaired) electrons. The van der Waals surface area contributed by atoms with Gasteiger partial charge in [0.2, 0.25) is 5.91 Å². The number of anilines is 1. The lowest BCUT2D eigenvalue weighted by molar-refractivity contribution is -0.116. The first-order valence-corrected chi connectivity index (χ1v) is 10.1. The number of hydrogen-bond donors (Lipinski definition) is 2. The smallest absolute Gasteiger partial charge is 0.318 e. The van der Waals surface area contributed by atoms with Gasteiger partial charge in [-0.1, -0.05) is 47.0 Å². The summed E-state index contributed by atoms with van der Waals surface area (Å²) in [7, 11) is 1.81. The maximum atomic E-state index is 12.6. The number of nitrogens with zero attached hydrogens (tertiary/aromatic N) is 3. The van der Waals surface area contributed by atoms with Gasteiger partial charge in [-0.3, -0.25) is 9.48 Å². The summed E-state index contributed by atoms with van der Waals surface area (Å²) in [5.41, 5.74) is 0.829. The van der Waals surface area contributed by atoms with Gasteiger partial charge in [0, 0.05) is 31.1 Å². The van der Waals surface area contributed by atoms with Crippen molar-refractivity contribution in [3.8, 4) is 0 Å². The number of aromatic nitrogens is 2. The fraction of sp³-hybridized carbons (Fsp3) is 0.750. The Labute approximate surface area is 162 Å². The summed E-state index contributed by atoms with van der Waals surface area (Å²) in [6, 6.07) is 1.99. The molecular weight excluding hydrogens is 342 g/mol. The van der Waals surface area contributed by atoms with Crippen molar-refractivity contribution in [3.05, 3.63) is 11.8 Å². The van der Waals surface area contributed by atoms with E-state index in [1.54, 1.807) is 9.58 Å². The number of aryl methyl sites for hydroxylation is 1. The first-order chi connectivity index (χ1) is 12.7. The average Bonchev–Trinajstić information content (AvgIpc) is 2.96. The van der Waals surface area contributed by atoms with Crippen LogP contribution in [0.3, 0.4) is 0 Å². The van der Waals surface area contributed by atoms with Gasteiger partial charge in [-0.25, -0.2) is 4.79 Å². The highest BCUT2D eigenvalue weighted by atomic mass is 16.2. The Morgan fingerprint density at radius 3 is 2.48 bits per heavy atom. The quantitative estimate of drug-likeness (QED) is 0.797. The molecule has 1 aromatic rings. The fourth-order valence-corrected chi connectivity index (χ4v) is 3.34. The minimum atomic E-state index is -0.203. The summed E-state index contributed by atoms with van der Waals surface area (Å²) in [4.78, 5) is 26.7. The molecule has 0 atom stereocenters. The summed E-state index contributed by atoms with van der Waals surface area (Å²) in [5, 5.41) is 10.5. The third-order valence-electron chi connectivity index (χ3n) is 4.96. The predicted molar refractivity (Wildman–Crippen MR) is 108 cm³/mol. The molecular formula is C20H35N5O2. The van der Waals surface area contributed by atoms with E-state index >= 15 is 0 Å². The molecule has 1 saturated carbocycles. The Kier molecular flexibility index (Phi) is 7.27. The molecule has 3 amide bonds. The van der Waals surface area contributed by atoms with Crippen LogP contribution >= 0.6 is 0 Å². The first kappa shape index (κ1) is 21.3. The Morgan fingerprint density at radius 2 is 1.93 bits per heavy atom. The van der Waals surface area contributed by atoms with Crippen LogP contribution in [0.2, 0.25) is 0 Å². The summed E-state index contributed by atoms with van der Waals surface area (Å²) >= 11 is 0. The van der Waals surface area contributed by atoms with Gasteiger partial charge in [0.1, 0.15) is 12.4 Å².